The van der Waals surface area contributed by atoms with Crippen LogP contribution in [0.1, 0.15) is 27.6 Å². The SMILES string of the molecule is Cc1ccc(CN(C)C(=O)c2cnn(-c3ccccc3F)c2C)o1. The van der Waals surface area contributed by atoms with Crippen LogP contribution in [-0.2, 0) is 6.54 Å². The normalized spacial score (nSPS) is 10.8. The first-order valence-corrected chi connectivity index (χ1v) is 7.57. The lowest BCUT2D eigenvalue weighted by Gasteiger charge is -2.15. The maximum absolute atomic E-state index is 13.9. The minimum Gasteiger partial charge on any atom is -0.464 e. The fraction of sp³-hybridized carbons (Fsp3) is 0.222. The molecular formula is C18H18FN3O2. The molecule has 0 unspecified atom stereocenters. The molecule has 0 spiro atoms. The lowest BCUT2D eigenvalue weighted by molar-refractivity contribution is 0.0774. The lowest BCUT2D eigenvalue weighted by Crippen LogP contribution is -2.26. The van der Waals surface area contributed by atoms with Crippen LogP contribution in [0.15, 0.2) is 47.0 Å². The van der Waals surface area contributed by atoms with Gasteiger partial charge in [-0.2, -0.15) is 5.10 Å². The van der Waals surface area contributed by atoms with Gasteiger partial charge in [-0.25, -0.2) is 9.07 Å². The number of amides is 1. The van der Waals surface area contributed by atoms with Gasteiger partial charge in [-0.05, 0) is 38.1 Å². The summed E-state index contributed by atoms with van der Waals surface area (Å²) in [4.78, 5) is 14.2. The van der Waals surface area contributed by atoms with E-state index < -0.39 is 0 Å². The van der Waals surface area contributed by atoms with Crippen LogP contribution in [0.4, 0.5) is 4.39 Å². The molecule has 0 aliphatic heterocycles. The van der Waals surface area contributed by atoms with E-state index in [1.165, 1.54) is 16.9 Å². The van der Waals surface area contributed by atoms with Gasteiger partial charge in [0.2, 0.25) is 0 Å². The van der Waals surface area contributed by atoms with Gasteiger partial charge >= 0.3 is 0 Å². The number of carbonyl (C=O) groups is 1. The highest BCUT2D eigenvalue weighted by Crippen LogP contribution is 2.19. The Bertz CT molecular complexity index is 882. The first kappa shape index (κ1) is 16.0. The predicted octanol–water partition coefficient (Wildman–Crippen LogP) is 3.49. The average Bonchev–Trinajstić information content (AvgIpc) is 3.13. The van der Waals surface area contributed by atoms with E-state index in [1.54, 1.807) is 37.1 Å². The Morgan fingerprint density at radius 2 is 2.00 bits per heavy atom. The zero-order chi connectivity index (χ0) is 17.3. The number of para-hydroxylation sites is 1. The summed E-state index contributed by atoms with van der Waals surface area (Å²) < 4.78 is 20.9. The molecule has 0 N–H and O–H groups in total. The number of nitrogens with zero attached hydrogens (tertiary/aromatic N) is 3. The molecule has 0 saturated carbocycles. The molecule has 124 valence electrons. The fourth-order valence-electron chi connectivity index (χ4n) is 2.57. The Morgan fingerprint density at radius 3 is 2.67 bits per heavy atom. The molecule has 0 bridgehead atoms. The van der Waals surface area contributed by atoms with Crippen molar-refractivity contribution >= 4 is 5.91 Å². The number of hydrogen-bond donors (Lipinski definition) is 0. The van der Waals surface area contributed by atoms with Crippen LogP contribution in [0.3, 0.4) is 0 Å². The molecule has 3 rings (SSSR count). The van der Waals surface area contributed by atoms with Crippen molar-refractivity contribution in [1.29, 1.82) is 0 Å². The van der Waals surface area contributed by atoms with E-state index in [1.807, 2.05) is 19.1 Å². The lowest BCUT2D eigenvalue weighted by atomic mass is 10.2. The van der Waals surface area contributed by atoms with E-state index >= 15 is 0 Å². The van der Waals surface area contributed by atoms with Crippen molar-refractivity contribution in [3.8, 4) is 5.69 Å². The Balaban J connectivity index is 1.85. The van der Waals surface area contributed by atoms with E-state index in [0.29, 0.717) is 29.2 Å². The van der Waals surface area contributed by atoms with E-state index in [4.69, 9.17) is 4.42 Å². The first-order valence-electron chi connectivity index (χ1n) is 7.57. The van der Waals surface area contributed by atoms with Gasteiger partial charge in [-0.15, -0.1) is 0 Å². The van der Waals surface area contributed by atoms with Gasteiger partial charge < -0.3 is 9.32 Å². The average molecular weight is 327 g/mol. The number of aromatic nitrogens is 2. The quantitative estimate of drug-likeness (QED) is 0.737. The standard InChI is InChI=1S/C18H18FN3O2/c1-12-8-9-14(24-12)11-21(3)18(23)15-10-20-22(13(15)2)17-7-5-4-6-16(17)19/h4-10H,11H2,1-3H3. The van der Waals surface area contributed by atoms with E-state index in [2.05, 4.69) is 5.10 Å². The predicted molar refractivity (Wildman–Crippen MR) is 87.5 cm³/mol. The summed E-state index contributed by atoms with van der Waals surface area (Å²) >= 11 is 0. The first-order chi connectivity index (χ1) is 11.5. The summed E-state index contributed by atoms with van der Waals surface area (Å²) in [6.07, 6.45) is 1.47. The Kier molecular flexibility index (Phi) is 4.20. The van der Waals surface area contributed by atoms with Crippen LogP contribution in [0.5, 0.6) is 0 Å². The zero-order valence-electron chi connectivity index (χ0n) is 13.8. The van der Waals surface area contributed by atoms with Crippen molar-refractivity contribution < 1.29 is 13.6 Å². The van der Waals surface area contributed by atoms with Gasteiger partial charge in [0.15, 0.2) is 0 Å². The molecule has 2 heterocycles. The van der Waals surface area contributed by atoms with Crippen molar-refractivity contribution in [2.75, 3.05) is 7.05 Å². The summed E-state index contributed by atoms with van der Waals surface area (Å²) in [6.45, 7) is 3.96. The van der Waals surface area contributed by atoms with E-state index in [0.717, 1.165) is 5.76 Å². The van der Waals surface area contributed by atoms with Crippen molar-refractivity contribution in [1.82, 2.24) is 14.7 Å². The molecule has 0 saturated heterocycles. The maximum atomic E-state index is 13.9. The number of carbonyl (C=O) groups excluding carboxylic acids is 1. The highest BCUT2D eigenvalue weighted by molar-refractivity contribution is 5.95. The van der Waals surface area contributed by atoms with Crippen molar-refractivity contribution in [3.05, 3.63) is 71.2 Å². The zero-order valence-corrected chi connectivity index (χ0v) is 13.8. The van der Waals surface area contributed by atoms with Gasteiger partial charge in [-0.1, -0.05) is 12.1 Å². The maximum Gasteiger partial charge on any atom is 0.257 e. The molecule has 0 fully saturated rings. The third-order valence-corrected chi connectivity index (χ3v) is 3.86. The van der Waals surface area contributed by atoms with Gasteiger partial charge in [0, 0.05) is 7.05 Å². The third kappa shape index (κ3) is 2.95. The second-order valence-corrected chi connectivity index (χ2v) is 5.68. The Morgan fingerprint density at radius 1 is 1.25 bits per heavy atom. The second kappa shape index (κ2) is 6.31. The molecule has 5 nitrogen and oxygen atoms in total. The van der Waals surface area contributed by atoms with Crippen molar-refractivity contribution in [3.63, 3.8) is 0 Å². The summed E-state index contributed by atoms with van der Waals surface area (Å²) in [5.41, 5.74) is 1.34. The second-order valence-electron chi connectivity index (χ2n) is 5.68. The van der Waals surface area contributed by atoms with Crippen LogP contribution in [0.25, 0.3) is 5.69 Å². The summed E-state index contributed by atoms with van der Waals surface area (Å²) in [5, 5.41) is 4.17. The van der Waals surface area contributed by atoms with Crippen LogP contribution in [0.2, 0.25) is 0 Å². The Hall–Kier alpha value is -2.89. The van der Waals surface area contributed by atoms with Crippen LogP contribution in [0, 0.1) is 19.7 Å². The highest BCUT2D eigenvalue weighted by Gasteiger charge is 2.20. The Labute approximate surface area is 139 Å². The molecule has 6 heteroatoms. The molecule has 0 atom stereocenters. The molecule has 0 radical (unpaired) electrons. The molecule has 3 aromatic rings. The molecule has 0 aliphatic carbocycles. The number of halogens is 1. The summed E-state index contributed by atoms with van der Waals surface area (Å²) in [7, 11) is 1.69. The molecular weight excluding hydrogens is 309 g/mol. The molecule has 1 amide bonds. The van der Waals surface area contributed by atoms with Gasteiger partial charge in [0.25, 0.3) is 5.91 Å². The summed E-state index contributed by atoms with van der Waals surface area (Å²) in [6, 6.07) is 10.0. The van der Waals surface area contributed by atoms with Gasteiger partial charge in [0.1, 0.15) is 23.0 Å². The number of benzene rings is 1. The number of furan rings is 1. The van der Waals surface area contributed by atoms with Crippen LogP contribution < -0.4 is 0 Å². The van der Waals surface area contributed by atoms with Crippen molar-refractivity contribution in [2.45, 2.75) is 20.4 Å². The van der Waals surface area contributed by atoms with Gasteiger partial charge in [-0.3, -0.25) is 4.79 Å². The molecule has 2 aromatic heterocycles. The monoisotopic (exact) mass is 327 g/mol. The third-order valence-electron chi connectivity index (χ3n) is 3.86. The molecule has 24 heavy (non-hydrogen) atoms. The van der Waals surface area contributed by atoms with Crippen LogP contribution >= 0.6 is 0 Å². The number of rotatable bonds is 4. The minimum absolute atomic E-state index is 0.191. The van der Waals surface area contributed by atoms with Crippen molar-refractivity contribution in [2.24, 2.45) is 0 Å². The summed E-state index contributed by atoms with van der Waals surface area (Å²) in [5.74, 6) is 0.933. The van der Waals surface area contributed by atoms with Crippen LogP contribution in [-0.4, -0.2) is 27.6 Å². The van der Waals surface area contributed by atoms with Gasteiger partial charge in [0.05, 0.1) is 24.0 Å². The number of hydrogen-bond acceptors (Lipinski definition) is 3. The van der Waals surface area contributed by atoms with E-state index in [-0.39, 0.29) is 11.7 Å². The molecule has 1 aromatic carbocycles. The minimum atomic E-state index is -0.387. The fourth-order valence-corrected chi connectivity index (χ4v) is 2.57. The topological polar surface area (TPSA) is 51.3 Å². The largest absolute Gasteiger partial charge is 0.464 e. The van der Waals surface area contributed by atoms with E-state index in [9.17, 15) is 9.18 Å². The number of aryl methyl sites for hydroxylation is 1. The molecule has 0 aliphatic rings. The highest BCUT2D eigenvalue weighted by atomic mass is 19.1. The smallest absolute Gasteiger partial charge is 0.257 e.